The number of hydrogen-bond donors (Lipinski definition) is 1. The molecule has 2 aromatic rings. The molecule has 5 nitrogen and oxygen atoms in total. The van der Waals surface area contributed by atoms with Crippen LogP contribution in [0, 0.1) is 0 Å². The lowest BCUT2D eigenvalue weighted by Gasteiger charge is -2.19. The zero-order chi connectivity index (χ0) is 14.5. The number of nitrogens with zero attached hydrogens (tertiary/aromatic N) is 4. The number of aromatic nitrogens is 4. The van der Waals surface area contributed by atoms with E-state index in [1.54, 1.807) is 0 Å². The van der Waals surface area contributed by atoms with E-state index >= 15 is 0 Å². The van der Waals surface area contributed by atoms with Gasteiger partial charge in [0.1, 0.15) is 11.9 Å². The first-order chi connectivity index (χ1) is 9.74. The molecule has 2 aromatic heterocycles. The molecule has 1 unspecified atom stereocenters. The van der Waals surface area contributed by atoms with Gasteiger partial charge in [-0.3, -0.25) is 4.68 Å². The second-order valence-corrected chi connectivity index (χ2v) is 4.79. The van der Waals surface area contributed by atoms with Crippen LogP contribution in [0.25, 0.3) is 0 Å². The van der Waals surface area contributed by atoms with Crippen LogP contribution in [0.1, 0.15) is 50.9 Å². The van der Waals surface area contributed by atoms with Crippen LogP contribution < -0.4 is 5.32 Å². The fourth-order valence-corrected chi connectivity index (χ4v) is 2.53. The number of imidazole rings is 1. The van der Waals surface area contributed by atoms with Crippen LogP contribution in [0.4, 0.5) is 0 Å². The number of rotatable bonds is 7. The third-order valence-electron chi connectivity index (χ3n) is 3.57. The summed E-state index contributed by atoms with van der Waals surface area (Å²) >= 11 is 0. The van der Waals surface area contributed by atoms with Crippen molar-refractivity contribution in [1.82, 2.24) is 24.6 Å². The van der Waals surface area contributed by atoms with Gasteiger partial charge in [0.15, 0.2) is 0 Å². The van der Waals surface area contributed by atoms with Crippen molar-refractivity contribution < 1.29 is 0 Å². The highest BCUT2D eigenvalue weighted by molar-refractivity contribution is 5.21. The van der Waals surface area contributed by atoms with E-state index in [0.717, 1.165) is 37.6 Å². The minimum atomic E-state index is 0.0997. The second kappa shape index (κ2) is 6.70. The van der Waals surface area contributed by atoms with E-state index in [0.29, 0.717) is 0 Å². The molecule has 110 valence electrons. The third kappa shape index (κ3) is 2.77. The third-order valence-corrected chi connectivity index (χ3v) is 3.57. The Hall–Kier alpha value is -1.62. The Balaban J connectivity index is 2.45. The maximum absolute atomic E-state index is 4.66. The lowest BCUT2D eigenvalue weighted by molar-refractivity contribution is 0.504. The molecule has 0 saturated heterocycles. The van der Waals surface area contributed by atoms with Gasteiger partial charge in [-0.15, -0.1) is 0 Å². The van der Waals surface area contributed by atoms with E-state index in [2.05, 4.69) is 58.4 Å². The van der Waals surface area contributed by atoms with Gasteiger partial charge in [-0.1, -0.05) is 13.8 Å². The summed E-state index contributed by atoms with van der Waals surface area (Å²) in [7, 11) is 0. The Bertz CT molecular complexity index is 540. The Kier molecular flexibility index (Phi) is 4.95. The van der Waals surface area contributed by atoms with Crippen LogP contribution in [0.3, 0.4) is 0 Å². The summed E-state index contributed by atoms with van der Waals surface area (Å²) in [6.07, 6.45) is 4.87. The molecule has 0 aliphatic carbocycles. The Labute approximate surface area is 121 Å². The molecule has 5 heteroatoms. The van der Waals surface area contributed by atoms with Gasteiger partial charge in [-0.2, -0.15) is 5.10 Å². The summed E-state index contributed by atoms with van der Waals surface area (Å²) in [5.74, 6) is 1.06. The van der Waals surface area contributed by atoms with Crippen LogP contribution in [0.5, 0.6) is 0 Å². The van der Waals surface area contributed by atoms with Crippen molar-refractivity contribution in [2.24, 2.45) is 0 Å². The van der Waals surface area contributed by atoms with E-state index in [4.69, 9.17) is 0 Å². The normalized spacial score (nSPS) is 12.8. The summed E-state index contributed by atoms with van der Waals surface area (Å²) in [6, 6.07) is 2.30. The highest BCUT2D eigenvalue weighted by atomic mass is 15.3. The summed E-state index contributed by atoms with van der Waals surface area (Å²) in [6.45, 7) is 11.2. The minimum Gasteiger partial charge on any atom is -0.334 e. The molecule has 0 bridgehead atoms. The first kappa shape index (κ1) is 14.8. The molecule has 0 fully saturated rings. The van der Waals surface area contributed by atoms with Gasteiger partial charge in [0.25, 0.3) is 0 Å². The van der Waals surface area contributed by atoms with Crippen molar-refractivity contribution in [1.29, 1.82) is 0 Å². The average molecular weight is 275 g/mol. The molecule has 2 rings (SSSR count). The quantitative estimate of drug-likeness (QED) is 0.844. The summed E-state index contributed by atoms with van der Waals surface area (Å²) in [5.41, 5.74) is 2.34. The topological polar surface area (TPSA) is 47.7 Å². The van der Waals surface area contributed by atoms with Crippen molar-refractivity contribution in [3.63, 3.8) is 0 Å². The minimum absolute atomic E-state index is 0.0997. The van der Waals surface area contributed by atoms with Crippen molar-refractivity contribution >= 4 is 0 Å². The van der Waals surface area contributed by atoms with Crippen LogP contribution in [0.15, 0.2) is 18.5 Å². The monoisotopic (exact) mass is 275 g/mol. The van der Waals surface area contributed by atoms with Crippen molar-refractivity contribution in [2.75, 3.05) is 6.54 Å². The fraction of sp³-hybridized carbons (Fsp3) is 0.600. The summed E-state index contributed by atoms with van der Waals surface area (Å²) < 4.78 is 4.27. The SMILES string of the molecule is CCNC(c1nccn1CC)c1cc(CC)nn1CC. The van der Waals surface area contributed by atoms with Crippen LogP contribution in [-0.2, 0) is 19.5 Å². The fourth-order valence-electron chi connectivity index (χ4n) is 2.53. The first-order valence-electron chi connectivity index (χ1n) is 7.56. The smallest absolute Gasteiger partial charge is 0.132 e. The number of hydrogen-bond acceptors (Lipinski definition) is 3. The van der Waals surface area contributed by atoms with Gasteiger partial charge < -0.3 is 9.88 Å². The van der Waals surface area contributed by atoms with E-state index in [9.17, 15) is 0 Å². The molecule has 0 spiro atoms. The van der Waals surface area contributed by atoms with Crippen molar-refractivity contribution in [3.05, 3.63) is 35.7 Å². The lowest BCUT2D eigenvalue weighted by Crippen LogP contribution is -2.27. The van der Waals surface area contributed by atoms with Gasteiger partial charge in [0, 0.05) is 25.5 Å². The molecule has 2 heterocycles. The van der Waals surface area contributed by atoms with Crippen molar-refractivity contribution in [2.45, 2.75) is 53.2 Å². The molecule has 0 saturated carbocycles. The van der Waals surface area contributed by atoms with Gasteiger partial charge in [-0.05, 0) is 32.9 Å². The molecule has 0 amide bonds. The zero-order valence-corrected chi connectivity index (χ0v) is 12.9. The number of nitrogens with one attached hydrogen (secondary N) is 1. The van der Waals surface area contributed by atoms with Gasteiger partial charge in [0.05, 0.1) is 11.4 Å². The summed E-state index contributed by atoms with van der Waals surface area (Å²) in [5, 5.41) is 8.20. The van der Waals surface area contributed by atoms with Crippen LogP contribution in [-0.4, -0.2) is 25.9 Å². The Morgan fingerprint density at radius 1 is 1.20 bits per heavy atom. The maximum Gasteiger partial charge on any atom is 0.132 e. The predicted molar refractivity (Wildman–Crippen MR) is 80.7 cm³/mol. The van der Waals surface area contributed by atoms with Crippen LogP contribution in [0.2, 0.25) is 0 Å². The molecular weight excluding hydrogens is 250 g/mol. The average Bonchev–Trinajstić information content (AvgIpc) is 3.10. The molecule has 20 heavy (non-hydrogen) atoms. The van der Waals surface area contributed by atoms with E-state index in [-0.39, 0.29) is 6.04 Å². The van der Waals surface area contributed by atoms with E-state index < -0.39 is 0 Å². The van der Waals surface area contributed by atoms with Gasteiger partial charge in [-0.25, -0.2) is 4.98 Å². The van der Waals surface area contributed by atoms with Crippen molar-refractivity contribution in [3.8, 4) is 0 Å². The highest BCUT2D eigenvalue weighted by Crippen LogP contribution is 2.22. The molecule has 1 atom stereocenters. The zero-order valence-electron chi connectivity index (χ0n) is 12.9. The standard InChI is InChI=1S/C15H25N5/c1-5-12-11-13(20(8-4)18-12)14(16-6-2)15-17-9-10-19(15)7-3/h9-11,14,16H,5-8H2,1-4H3. The van der Waals surface area contributed by atoms with Gasteiger partial charge >= 0.3 is 0 Å². The Morgan fingerprint density at radius 3 is 2.60 bits per heavy atom. The predicted octanol–water partition coefficient (Wildman–Crippen LogP) is 2.38. The second-order valence-electron chi connectivity index (χ2n) is 4.79. The van der Waals surface area contributed by atoms with Gasteiger partial charge in [0.2, 0.25) is 0 Å². The molecule has 1 N–H and O–H groups in total. The largest absolute Gasteiger partial charge is 0.334 e. The molecule has 0 radical (unpaired) electrons. The summed E-state index contributed by atoms with van der Waals surface area (Å²) in [4.78, 5) is 4.55. The lowest BCUT2D eigenvalue weighted by atomic mass is 10.1. The molecule has 0 aliphatic rings. The Morgan fingerprint density at radius 2 is 2.00 bits per heavy atom. The highest BCUT2D eigenvalue weighted by Gasteiger charge is 2.22. The van der Waals surface area contributed by atoms with E-state index in [1.807, 2.05) is 12.4 Å². The molecular formula is C15H25N5. The molecule has 0 aliphatic heterocycles. The first-order valence-corrected chi connectivity index (χ1v) is 7.56. The molecule has 0 aromatic carbocycles. The van der Waals surface area contributed by atoms with Crippen LogP contribution >= 0.6 is 0 Å². The maximum atomic E-state index is 4.66. The number of aryl methyl sites for hydroxylation is 3. The van der Waals surface area contributed by atoms with E-state index in [1.165, 1.54) is 5.69 Å².